The Labute approximate surface area is 172 Å². The SMILES string of the molecule is O=C(CN1C(=O)N[C@@]2(CCCc3ccccc32)C1=O)OCCOc1ccc(F)cc1. The van der Waals surface area contributed by atoms with Crippen LogP contribution in [0.5, 0.6) is 5.75 Å². The molecule has 0 unspecified atom stereocenters. The molecule has 1 saturated heterocycles. The van der Waals surface area contributed by atoms with Gasteiger partial charge in [0.2, 0.25) is 0 Å². The van der Waals surface area contributed by atoms with E-state index >= 15 is 0 Å². The molecule has 1 fully saturated rings. The van der Waals surface area contributed by atoms with Gasteiger partial charge in [0.05, 0.1) is 0 Å². The number of imide groups is 1. The van der Waals surface area contributed by atoms with Gasteiger partial charge in [-0.25, -0.2) is 9.18 Å². The van der Waals surface area contributed by atoms with Gasteiger partial charge in [-0.05, 0) is 54.7 Å². The highest BCUT2D eigenvalue weighted by atomic mass is 19.1. The summed E-state index contributed by atoms with van der Waals surface area (Å²) in [5.41, 5.74) is 0.704. The van der Waals surface area contributed by atoms with Gasteiger partial charge >= 0.3 is 12.0 Å². The molecule has 0 saturated carbocycles. The number of carbonyl (C=O) groups excluding carboxylic acids is 3. The number of fused-ring (bicyclic) bond motifs is 2. The molecule has 2 aromatic rings. The molecule has 1 aliphatic carbocycles. The van der Waals surface area contributed by atoms with Crippen LogP contribution in [0.3, 0.4) is 0 Å². The number of hydrogen-bond acceptors (Lipinski definition) is 5. The van der Waals surface area contributed by atoms with Gasteiger partial charge in [-0.1, -0.05) is 24.3 Å². The fourth-order valence-corrected chi connectivity index (χ4v) is 3.98. The first-order valence-electron chi connectivity index (χ1n) is 9.76. The van der Waals surface area contributed by atoms with Crippen LogP contribution in [0.1, 0.15) is 24.0 Å². The highest BCUT2D eigenvalue weighted by Crippen LogP contribution is 2.39. The van der Waals surface area contributed by atoms with Crippen LogP contribution in [0.25, 0.3) is 0 Å². The number of carbonyl (C=O) groups is 3. The van der Waals surface area contributed by atoms with Crippen molar-refractivity contribution in [2.75, 3.05) is 19.8 Å². The number of nitrogens with zero attached hydrogens (tertiary/aromatic N) is 1. The standard InChI is InChI=1S/C22H21FN2O5/c23-16-7-9-17(10-8-16)29-12-13-30-19(26)14-25-20(27)22(24-21(25)28)11-3-5-15-4-1-2-6-18(15)22/h1-2,4,6-10H,3,5,11-14H2,(H,24,28)/t22-/m1/s1. The van der Waals surface area contributed by atoms with Gasteiger partial charge in [0, 0.05) is 0 Å². The molecule has 7 nitrogen and oxygen atoms in total. The van der Waals surface area contributed by atoms with E-state index in [1.807, 2.05) is 24.3 Å². The Bertz CT molecular complexity index is 978. The van der Waals surface area contributed by atoms with Crippen molar-refractivity contribution in [2.45, 2.75) is 24.8 Å². The van der Waals surface area contributed by atoms with E-state index in [2.05, 4.69) is 5.32 Å². The smallest absolute Gasteiger partial charge is 0.326 e. The molecule has 156 valence electrons. The molecule has 0 radical (unpaired) electrons. The third-order valence-electron chi connectivity index (χ3n) is 5.37. The average Bonchev–Trinajstić information content (AvgIpc) is 2.97. The van der Waals surface area contributed by atoms with Crippen molar-refractivity contribution < 1.29 is 28.2 Å². The molecule has 1 atom stereocenters. The number of ether oxygens (including phenoxy) is 2. The van der Waals surface area contributed by atoms with Crippen LogP contribution < -0.4 is 10.1 Å². The lowest BCUT2D eigenvalue weighted by molar-refractivity contribution is -0.148. The zero-order valence-electron chi connectivity index (χ0n) is 16.2. The summed E-state index contributed by atoms with van der Waals surface area (Å²) in [5.74, 6) is -1.07. The van der Waals surface area contributed by atoms with Crippen molar-refractivity contribution in [2.24, 2.45) is 0 Å². The Balaban J connectivity index is 1.34. The highest BCUT2D eigenvalue weighted by Gasteiger charge is 2.54. The van der Waals surface area contributed by atoms with E-state index in [4.69, 9.17) is 9.47 Å². The van der Waals surface area contributed by atoms with E-state index in [1.54, 1.807) is 0 Å². The molecule has 3 amide bonds. The van der Waals surface area contributed by atoms with Gasteiger partial charge in [-0.3, -0.25) is 14.5 Å². The van der Waals surface area contributed by atoms with Crippen LogP contribution in [-0.2, 0) is 26.3 Å². The van der Waals surface area contributed by atoms with Gasteiger partial charge in [0.1, 0.15) is 36.9 Å². The van der Waals surface area contributed by atoms with Gasteiger partial charge in [0.15, 0.2) is 0 Å². The second-order valence-electron chi connectivity index (χ2n) is 7.26. The minimum Gasteiger partial charge on any atom is -0.490 e. The molecule has 0 bridgehead atoms. The minimum absolute atomic E-state index is 0.0617. The maximum atomic E-state index is 13.1. The largest absolute Gasteiger partial charge is 0.490 e. The summed E-state index contributed by atoms with van der Waals surface area (Å²) in [6.45, 7) is -0.464. The Morgan fingerprint density at radius 1 is 1.10 bits per heavy atom. The molecule has 0 aromatic heterocycles. The van der Waals surface area contributed by atoms with Gasteiger partial charge < -0.3 is 14.8 Å². The second kappa shape index (κ2) is 8.14. The van der Waals surface area contributed by atoms with E-state index in [1.165, 1.54) is 24.3 Å². The van der Waals surface area contributed by atoms with E-state index in [0.29, 0.717) is 12.2 Å². The maximum Gasteiger partial charge on any atom is 0.326 e. The van der Waals surface area contributed by atoms with Gasteiger partial charge in [-0.15, -0.1) is 0 Å². The predicted molar refractivity (Wildman–Crippen MR) is 104 cm³/mol. The summed E-state index contributed by atoms with van der Waals surface area (Å²) < 4.78 is 23.3. The minimum atomic E-state index is -1.11. The lowest BCUT2D eigenvalue weighted by Gasteiger charge is -2.33. The first kappa shape index (κ1) is 19.9. The summed E-state index contributed by atoms with van der Waals surface area (Å²) in [6, 6.07) is 12.4. The number of nitrogens with one attached hydrogen (secondary N) is 1. The van der Waals surface area contributed by atoms with E-state index in [0.717, 1.165) is 28.9 Å². The van der Waals surface area contributed by atoms with Gasteiger partial charge in [0.25, 0.3) is 5.91 Å². The number of benzene rings is 2. The van der Waals surface area contributed by atoms with Crippen molar-refractivity contribution in [1.82, 2.24) is 10.2 Å². The summed E-state index contributed by atoms with van der Waals surface area (Å²) in [5, 5.41) is 2.80. The first-order chi connectivity index (χ1) is 14.5. The summed E-state index contributed by atoms with van der Waals surface area (Å²) in [7, 11) is 0. The lowest BCUT2D eigenvalue weighted by Crippen LogP contribution is -2.46. The second-order valence-corrected chi connectivity index (χ2v) is 7.26. The molecule has 4 rings (SSSR count). The number of amides is 3. The zero-order valence-corrected chi connectivity index (χ0v) is 16.2. The molecule has 1 aliphatic heterocycles. The van der Waals surface area contributed by atoms with Gasteiger partial charge in [-0.2, -0.15) is 0 Å². The Kier molecular flexibility index (Phi) is 5.39. The molecular weight excluding hydrogens is 391 g/mol. The summed E-state index contributed by atoms with van der Waals surface area (Å²) in [4.78, 5) is 38.7. The third-order valence-corrected chi connectivity index (χ3v) is 5.37. The molecule has 1 N–H and O–H groups in total. The summed E-state index contributed by atoms with van der Waals surface area (Å²) in [6.07, 6.45) is 2.10. The topological polar surface area (TPSA) is 84.9 Å². The monoisotopic (exact) mass is 412 g/mol. The molecule has 1 spiro atoms. The van der Waals surface area contributed by atoms with Crippen molar-refractivity contribution in [3.05, 3.63) is 65.5 Å². The summed E-state index contributed by atoms with van der Waals surface area (Å²) >= 11 is 0. The van der Waals surface area contributed by atoms with E-state index in [-0.39, 0.29) is 19.0 Å². The highest BCUT2D eigenvalue weighted by molar-refractivity contribution is 6.09. The van der Waals surface area contributed by atoms with Crippen LogP contribution >= 0.6 is 0 Å². The van der Waals surface area contributed by atoms with Crippen molar-refractivity contribution in [1.29, 1.82) is 0 Å². The molecule has 2 aromatic carbocycles. The van der Waals surface area contributed by atoms with Crippen LogP contribution in [0.15, 0.2) is 48.5 Å². The third kappa shape index (κ3) is 3.72. The fourth-order valence-electron chi connectivity index (χ4n) is 3.98. The molecule has 1 heterocycles. The number of aryl methyl sites for hydroxylation is 1. The van der Waals surface area contributed by atoms with E-state index < -0.39 is 30.0 Å². The number of urea groups is 1. The Hall–Kier alpha value is -3.42. The number of halogens is 1. The molecule has 30 heavy (non-hydrogen) atoms. The van der Waals surface area contributed by atoms with Crippen molar-refractivity contribution >= 4 is 17.9 Å². The predicted octanol–water partition coefficient (Wildman–Crippen LogP) is 2.53. The fraction of sp³-hybridized carbons (Fsp3) is 0.318. The maximum absolute atomic E-state index is 13.1. The zero-order chi connectivity index (χ0) is 21.1. The quantitative estimate of drug-likeness (QED) is 0.448. The lowest BCUT2D eigenvalue weighted by atomic mass is 9.76. The Morgan fingerprint density at radius 2 is 1.87 bits per heavy atom. The van der Waals surface area contributed by atoms with Crippen LogP contribution in [0.4, 0.5) is 9.18 Å². The van der Waals surface area contributed by atoms with E-state index in [9.17, 15) is 18.8 Å². The molecule has 8 heteroatoms. The van der Waals surface area contributed by atoms with Crippen LogP contribution in [0, 0.1) is 5.82 Å². The average molecular weight is 412 g/mol. The Morgan fingerprint density at radius 3 is 2.67 bits per heavy atom. The molecule has 2 aliphatic rings. The van der Waals surface area contributed by atoms with Crippen LogP contribution in [-0.4, -0.2) is 42.6 Å². The van der Waals surface area contributed by atoms with Crippen molar-refractivity contribution in [3.8, 4) is 5.75 Å². The number of esters is 1. The number of hydrogen-bond donors (Lipinski definition) is 1. The van der Waals surface area contributed by atoms with Crippen LogP contribution in [0.2, 0.25) is 0 Å². The molecular formula is C22H21FN2O5. The number of rotatable bonds is 6. The normalized spacial score (nSPS) is 20.1. The van der Waals surface area contributed by atoms with Crippen molar-refractivity contribution in [3.63, 3.8) is 0 Å². The first-order valence-corrected chi connectivity index (χ1v) is 9.76.